The molecule has 0 fully saturated rings. The summed E-state index contributed by atoms with van der Waals surface area (Å²) in [5.41, 5.74) is -0.859. The monoisotopic (exact) mass is 324 g/mol. The number of carbonyl (C=O) groups is 1. The second-order valence-corrected chi connectivity index (χ2v) is 4.92. The van der Waals surface area contributed by atoms with Crippen molar-refractivity contribution in [3.8, 4) is 0 Å². The van der Waals surface area contributed by atoms with Gasteiger partial charge < -0.3 is 4.90 Å². The van der Waals surface area contributed by atoms with Gasteiger partial charge in [-0.05, 0) is 19.9 Å². The minimum atomic E-state index is -4.58. The SMILES string of the molecule is CC(C)N(CC(F)(F)F)C(=O)c1cccc([N+](=O)[O-])c1Cl. The molecule has 0 bridgehead atoms. The number of halogens is 4. The zero-order chi connectivity index (χ0) is 16.4. The van der Waals surface area contributed by atoms with E-state index >= 15 is 0 Å². The van der Waals surface area contributed by atoms with Crippen molar-refractivity contribution in [3.63, 3.8) is 0 Å². The van der Waals surface area contributed by atoms with Crippen molar-refractivity contribution in [3.05, 3.63) is 38.9 Å². The number of benzene rings is 1. The third-order valence-corrected chi connectivity index (χ3v) is 3.04. The van der Waals surface area contributed by atoms with Gasteiger partial charge in [0, 0.05) is 12.1 Å². The van der Waals surface area contributed by atoms with E-state index in [0.29, 0.717) is 4.90 Å². The Morgan fingerprint density at radius 3 is 2.43 bits per heavy atom. The quantitative estimate of drug-likeness (QED) is 0.627. The number of rotatable bonds is 4. The summed E-state index contributed by atoms with van der Waals surface area (Å²) in [4.78, 5) is 22.7. The third-order valence-electron chi connectivity index (χ3n) is 2.64. The van der Waals surface area contributed by atoms with Crippen molar-refractivity contribution in [2.24, 2.45) is 0 Å². The summed E-state index contributed by atoms with van der Waals surface area (Å²) < 4.78 is 37.5. The van der Waals surface area contributed by atoms with Gasteiger partial charge in [-0.2, -0.15) is 13.2 Å². The van der Waals surface area contributed by atoms with Crippen LogP contribution in [0.25, 0.3) is 0 Å². The maximum atomic E-state index is 12.5. The van der Waals surface area contributed by atoms with E-state index in [2.05, 4.69) is 0 Å². The normalized spacial score (nSPS) is 11.6. The van der Waals surface area contributed by atoms with Gasteiger partial charge in [0.05, 0.1) is 10.5 Å². The molecule has 0 unspecified atom stereocenters. The van der Waals surface area contributed by atoms with Gasteiger partial charge in [0.15, 0.2) is 0 Å². The number of nitro groups is 1. The van der Waals surface area contributed by atoms with Crippen molar-refractivity contribution < 1.29 is 22.9 Å². The van der Waals surface area contributed by atoms with E-state index in [-0.39, 0.29) is 5.56 Å². The molecule has 0 spiro atoms. The molecule has 116 valence electrons. The van der Waals surface area contributed by atoms with Crippen molar-refractivity contribution >= 4 is 23.2 Å². The molecule has 0 radical (unpaired) electrons. The zero-order valence-electron chi connectivity index (χ0n) is 11.1. The molecule has 0 N–H and O–H groups in total. The van der Waals surface area contributed by atoms with Gasteiger partial charge in [-0.25, -0.2) is 0 Å². The van der Waals surface area contributed by atoms with Crippen molar-refractivity contribution in [2.75, 3.05) is 6.54 Å². The van der Waals surface area contributed by atoms with Gasteiger partial charge in [-0.3, -0.25) is 14.9 Å². The molecule has 1 rings (SSSR count). The third kappa shape index (κ3) is 4.32. The molecule has 21 heavy (non-hydrogen) atoms. The van der Waals surface area contributed by atoms with E-state index in [4.69, 9.17) is 11.6 Å². The van der Waals surface area contributed by atoms with Crippen molar-refractivity contribution in [2.45, 2.75) is 26.1 Å². The number of carbonyl (C=O) groups excluding carboxylic acids is 1. The molecule has 0 heterocycles. The molecule has 5 nitrogen and oxygen atoms in total. The second kappa shape index (κ2) is 6.30. The first-order chi connectivity index (χ1) is 9.54. The van der Waals surface area contributed by atoms with Crippen LogP contribution in [0.5, 0.6) is 0 Å². The molecular weight excluding hydrogens is 313 g/mol. The van der Waals surface area contributed by atoms with Crippen LogP contribution < -0.4 is 0 Å². The van der Waals surface area contributed by atoms with Crippen LogP contribution in [-0.2, 0) is 0 Å². The standard InChI is InChI=1S/C12H12ClF3N2O3/c1-7(2)17(6-12(14,15)16)11(19)8-4-3-5-9(10(8)13)18(20)21/h3-5,7H,6H2,1-2H3. The van der Waals surface area contributed by atoms with Crippen LogP contribution >= 0.6 is 11.6 Å². The minimum Gasteiger partial charge on any atom is -0.327 e. The van der Waals surface area contributed by atoms with Crippen LogP contribution in [0.3, 0.4) is 0 Å². The van der Waals surface area contributed by atoms with E-state index in [1.165, 1.54) is 19.9 Å². The Hall–Kier alpha value is -1.83. The van der Waals surface area contributed by atoms with Gasteiger partial charge in [0.25, 0.3) is 11.6 Å². The highest BCUT2D eigenvalue weighted by Crippen LogP contribution is 2.30. The van der Waals surface area contributed by atoms with Crippen LogP contribution in [-0.4, -0.2) is 34.5 Å². The molecule has 1 aromatic carbocycles. The van der Waals surface area contributed by atoms with Gasteiger partial charge >= 0.3 is 6.18 Å². The van der Waals surface area contributed by atoms with E-state index in [9.17, 15) is 28.1 Å². The Morgan fingerprint density at radius 2 is 2.00 bits per heavy atom. The summed E-state index contributed by atoms with van der Waals surface area (Å²) in [6.07, 6.45) is -4.58. The second-order valence-electron chi connectivity index (χ2n) is 4.54. The Balaban J connectivity index is 3.22. The Morgan fingerprint density at radius 1 is 1.43 bits per heavy atom. The van der Waals surface area contributed by atoms with Crippen molar-refractivity contribution in [1.82, 2.24) is 4.90 Å². The average Bonchev–Trinajstić information content (AvgIpc) is 2.33. The summed E-state index contributed by atoms with van der Waals surface area (Å²) in [6, 6.07) is 2.68. The summed E-state index contributed by atoms with van der Waals surface area (Å²) in [5.74, 6) is -1.00. The molecule has 0 aliphatic rings. The Kier molecular flexibility index (Phi) is 5.16. The van der Waals surface area contributed by atoms with Gasteiger partial charge in [0.2, 0.25) is 0 Å². The maximum Gasteiger partial charge on any atom is 0.406 e. The number of hydrogen-bond acceptors (Lipinski definition) is 3. The molecule has 9 heteroatoms. The summed E-state index contributed by atoms with van der Waals surface area (Å²) in [6.45, 7) is 1.37. The lowest BCUT2D eigenvalue weighted by Gasteiger charge is -2.28. The predicted octanol–water partition coefficient (Wildman–Crippen LogP) is 3.66. The predicted molar refractivity (Wildman–Crippen MR) is 70.3 cm³/mol. The van der Waals surface area contributed by atoms with Gasteiger partial charge in [-0.1, -0.05) is 17.7 Å². The Bertz CT molecular complexity index is 561. The van der Waals surface area contributed by atoms with Crippen molar-refractivity contribution in [1.29, 1.82) is 0 Å². The summed E-state index contributed by atoms with van der Waals surface area (Å²) >= 11 is 5.75. The molecule has 1 aromatic rings. The highest BCUT2D eigenvalue weighted by atomic mass is 35.5. The molecule has 0 saturated carbocycles. The molecule has 0 aromatic heterocycles. The highest BCUT2D eigenvalue weighted by molar-refractivity contribution is 6.35. The lowest BCUT2D eigenvalue weighted by molar-refractivity contribution is -0.384. The summed E-state index contributed by atoms with van der Waals surface area (Å²) in [7, 11) is 0. The van der Waals surface area contributed by atoms with Crippen LogP contribution in [0.1, 0.15) is 24.2 Å². The number of alkyl halides is 3. The van der Waals surface area contributed by atoms with E-state index in [0.717, 1.165) is 12.1 Å². The Labute approximate surface area is 123 Å². The average molecular weight is 325 g/mol. The van der Waals surface area contributed by atoms with Gasteiger partial charge in [-0.15, -0.1) is 0 Å². The zero-order valence-corrected chi connectivity index (χ0v) is 11.9. The number of nitrogens with zero attached hydrogens (tertiary/aromatic N) is 2. The lowest BCUT2D eigenvalue weighted by Crippen LogP contribution is -2.43. The number of hydrogen-bond donors (Lipinski definition) is 0. The van der Waals surface area contributed by atoms with E-state index in [1.807, 2.05) is 0 Å². The fraction of sp³-hybridized carbons (Fsp3) is 0.417. The smallest absolute Gasteiger partial charge is 0.327 e. The lowest BCUT2D eigenvalue weighted by atomic mass is 10.1. The number of nitro benzene ring substituents is 1. The van der Waals surface area contributed by atoms with Crippen LogP contribution in [0.4, 0.5) is 18.9 Å². The van der Waals surface area contributed by atoms with Crippen LogP contribution in [0, 0.1) is 10.1 Å². The summed E-state index contributed by atoms with van der Waals surface area (Å²) in [5, 5.41) is 10.3. The highest BCUT2D eigenvalue weighted by Gasteiger charge is 2.35. The van der Waals surface area contributed by atoms with Crippen LogP contribution in [0.2, 0.25) is 5.02 Å². The fourth-order valence-corrected chi connectivity index (χ4v) is 1.94. The molecule has 0 atom stereocenters. The molecule has 0 saturated heterocycles. The molecular formula is C12H12ClF3N2O3. The molecule has 0 aliphatic heterocycles. The van der Waals surface area contributed by atoms with Crippen LogP contribution in [0.15, 0.2) is 18.2 Å². The largest absolute Gasteiger partial charge is 0.406 e. The number of amides is 1. The first-order valence-electron chi connectivity index (χ1n) is 5.85. The maximum absolute atomic E-state index is 12.5. The first-order valence-corrected chi connectivity index (χ1v) is 6.23. The molecule has 1 amide bonds. The fourth-order valence-electron chi connectivity index (χ4n) is 1.66. The molecule has 0 aliphatic carbocycles. The van der Waals surface area contributed by atoms with E-state index in [1.54, 1.807) is 0 Å². The topological polar surface area (TPSA) is 63.5 Å². The minimum absolute atomic E-state index is 0.330. The first kappa shape index (κ1) is 17.2. The van der Waals surface area contributed by atoms with E-state index < -0.39 is 40.3 Å². The van der Waals surface area contributed by atoms with Gasteiger partial charge in [0.1, 0.15) is 11.6 Å².